The molecule has 0 spiro atoms. The molecule has 0 radical (unpaired) electrons. The molecule has 4 aliphatic heterocycles. The second-order valence-corrected chi connectivity index (χ2v) is 27.8. The fraction of sp³-hybridized carbons (Fsp3) is 0.438. The molecule has 77 heavy (non-hydrogen) atoms. The second-order valence-electron chi connectivity index (χ2n) is 22.0. The van der Waals surface area contributed by atoms with Crippen molar-refractivity contribution in [3.63, 3.8) is 0 Å². The van der Waals surface area contributed by atoms with Crippen LogP contribution in [0.5, 0.6) is 5.75 Å². The maximum atomic E-state index is 14.5. The minimum atomic E-state index is -2.88. The van der Waals surface area contributed by atoms with Crippen molar-refractivity contribution in [3.05, 3.63) is 192 Å². The summed E-state index contributed by atoms with van der Waals surface area (Å²) in [4.78, 5) is 0.752. The third-order valence-corrected chi connectivity index (χ3v) is 22.1. The number of aryl methyl sites for hydroxylation is 1. The fourth-order valence-electron chi connectivity index (χ4n) is 11.6. The molecule has 0 aromatic heterocycles. The molecule has 0 N–H and O–H groups in total. The van der Waals surface area contributed by atoms with Crippen molar-refractivity contribution in [3.8, 4) is 5.75 Å². The lowest BCUT2D eigenvalue weighted by Crippen LogP contribution is -2.66. The van der Waals surface area contributed by atoms with Crippen LogP contribution in [-0.4, -0.2) is 106 Å². The van der Waals surface area contributed by atoms with Crippen molar-refractivity contribution in [2.24, 2.45) is 0 Å². The molecule has 12 atom stereocenters. The van der Waals surface area contributed by atoms with Crippen LogP contribution in [0.3, 0.4) is 0 Å². The normalized spacial score (nSPS) is 27.0. The van der Waals surface area contributed by atoms with E-state index in [0.717, 1.165) is 32.9 Å². The molecule has 4 aliphatic rings. The van der Waals surface area contributed by atoms with Crippen molar-refractivity contribution in [1.82, 2.24) is 0 Å². The van der Waals surface area contributed by atoms with E-state index < -0.39 is 49.8 Å². The van der Waals surface area contributed by atoms with Crippen LogP contribution in [0.1, 0.15) is 81.4 Å². The summed E-state index contributed by atoms with van der Waals surface area (Å²) in [5.74, 6) is 1.00. The van der Waals surface area contributed by atoms with Crippen molar-refractivity contribution in [2.45, 2.75) is 150 Å². The quantitative estimate of drug-likeness (QED) is 0.0508. The van der Waals surface area contributed by atoms with Gasteiger partial charge in [0.1, 0.15) is 11.9 Å². The summed E-state index contributed by atoms with van der Waals surface area (Å²) in [6.07, 6.45) is -1.38. The van der Waals surface area contributed by atoms with E-state index >= 15 is 0 Å². The van der Waals surface area contributed by atoms with Crippen molar-refractivity contribution in [1.29, 1.82) is 0 Å². The number of hydrogen-bond acceptors (Lipinski definition) is 11. The lowest BCUT2D eigenvalue weighted by molar-refractivity contribution is -0.317. The smallest absolute Gasteiger partial charge is 0.261 e. The summed E-state index contributed by atoms with van der Waals surface area (Å²) >= 11 is 0. The molecule has 6 aromatic carbocycles. The third-order valence-electron chi connectivity index (χ3n) is 15.7. The topological polar surface area (TPSA) is 109 Å². The van der Waals surface area contributed by atoms with Crippen LogP contribution >= 0.6 is 0 Å². The Morgan fingerprint density at radius 3 is 1.70 bits per heavy atom. The van der Waals surface area contributed by atoms with Crippen LogP contribution in [-0.2, 0) is 66.3 Å². The Morgan fingerprint density at radius 1 is 0.571 bits per heavy atom. The summed E-state index contributed by atoms with van der Waals surface area (Å²) in [5.41, 5.74) is 4.21. The zero-order valence-corrected chi connectivity index (χ0v) is 47.0. The highest BCUT2D eigenvalue weighted by molar-refractivity contribution is 7.85. The molecule has 10 rings (SSSR count). The molecule has 408 valence electrons. The SMILES string of the molecule is COc1ccc([C@@H]2OC[C@H]3O[C@@H](CCO[Si](c4ccccc4)(c4ccccc4)C(C)(C)C)[C@@H](O[C@H]4C[C@H]5O[C@@H](CCOCc6ccccc6)[C@H](OCc6ccccc6)C[C@@H]5O[C@@H]4C[S@@](=O)c4ccc(C)cc4)C[C@@H]3O2)cc1. The van der Waals surface area contributed by atoms with Crippen LogP contribution in [0.4, 0.5) is 0 Å². The Morgan fingerprint density at radius 2 is 1.09 bits per heavy atom. The van der Waals surface area contributed by atoms with E-state index in [4.69, 9.17) is 47.1 Å². The van der Waals surface area contributed by atoms with Gasteiger partial charge in [-0.25, -0.2) is 0 Å². The van der Waals surface area contributed by atoms with E-state index in [0.29, 0.717) is 65.1 Å². The van der Waals surface area contributed by atoms with Gasteiger partial charge in [-0.15, -0.1) is 0 Å². The minimum Gasteiger partial charge on any atom is -0.497 e. The summed E-state index contributed by atoms with van der Waals surface area (Å²) in [5, 5.41) is 2.23. The van der Waals surface area contributed by atoms with Crippen molar-refractivity contribution >= 4 is 29.5 Å². The van der Waals surface area contributed by atoms with Gasteiger partial charge in [0.05, 0.1) is 98.4 Å². The van der Waals surface area contributed by atoms with E-state index in [9.17, 15) is 4.21 Å². The Labute approximate surface area is 459 Å². The average Bonchev–Trinajstić information content (AvgIpc) is 3.47. The molecule has 0 amide bonds. The lowest BCUT2D eigenvalue weighted by Gasteiger charge is -2.50. The largest absolute Gasteiger partial charge is 0.497 e. The number of methoxy groups -OCH3 is 1. The maximum Gasteiger partial charge on any atom is 0.261 e. The van der Waals surface area contributed by atoms with Gasteiger partial charge in [-0.2, -0.15) is 0 Å². The molecular formula is C64H76O11SSi. The molecule has 0 aliphatic carbocycles. The molecular weight excluding hydrogens is 1000 g/mol. The highest BCUT2D eigenvalue weighted by Gasteiger charge is 2.52. The summed E-state index contributed by atoms with van der Waals surface area (Å²) in [6, 6.07) is 57.6. The van der Waals surface area contributed by atoms with E-state index in [1.807, 2.05) is 91.9 Å². The molecule has 4 fully saturated rings. The molecule has 6 aromatic rings. The number of fused-ring (bicyclic) bond motifs is 2. The van der Waals surface area contributed by atoms with Gasteiger partial charge in [0, 0.05) is 42.9 Å². The number of ether oxygens (including phenoxy) is 9. The molecule has 11 nitrogen and oxygen atoms in total. The zero-order valence-electron chi connectivity index (χ0n) is 45.2. The monoisotopic (exact) mass is 1080 g/mol. The zero-order chi connectivity index (χ0) is 53.2. The molecule has 0 bridgehead atoms. The lowest BCUT2D eigenvalue weighted by atomic mass is 9.89. The predicted molar refractivity (Wildman–Crippen MR) is 301 cm³/mol. The Bertz CT molecular complexity index is 2710. The third kappa shape index (κ3) is 13.6. The van der Waals surface area contributed by atoms with Gasteiger partial charge < -0.3 is 47.1 Å². The van der Waals surface area contributed by atoms with E-state index in [2.05, 4.69) is 106 Å². The summed E-state index contributed by atoms with van der Waals surface area (Å²) < 4.78 is 82.6. The van der Waals surface area contributed by atoms with Gasteiger partial charge in [-0.05, 0) is 70.6 Å². The van der Waals surface area contributed by atoms with Gasteiger partial charge in [0.2, 0.25) is 0 Å². The van der Waals surface area contributed by atoms with Gasteiger partial charge in [-0.3, -0.25) is 4.21 Å². The number of benzene rings is 6. The molecule has 0 unspecified atom stereocenters. The second kappa shape index (κ2) is 25.9. The molecule has 13 heteroatoms. The van der Waals surface area contributed by atoms with Crippen molar-refractivity contribution in [2.75, 3.05) is 32.7 Å². The highest BCUT2D eigenvalue weighted by Crippen LogP contribution is 2.42. The predicted octanol–water partition coefficient (Wildman–Crippen LogP) is 10.6. The van der Waals surface area contributed by atoms with Crippen molar-refractivity contribution < 1.29 is 51.3 Å². The van der Waals surface area contributed by atoms with Crippen LogP contribution < -0.4 is 15.1 Å². The van der Waals surface area contributed by atoms with Crippen LogP contribution in [0, 0.1) is 6.92 Å². The first-order valence-electron chi connectivity index (χ1n) is 27.5. The Balaban J connectivity index is 0.932. The Hall–Kier alpha value is -4.87. The fourth-order valence-corrected chi connectivity index (χ4v) is 17.4. The van der Waals surface area contributed by atoms with E-state index in [-0.39, 0.29) is 47.4 Å². The van der Waals surface area contributed by atoms with E-state index in [1.165, 1.54) is 10.4 Å². The number of hydrogen-bond donors (Lipinski definition) is 0. The summed E-state index contributed by atoms with van der Waals surface area (Å²) in [6.45, 7) is 11.2. The molecule has 4 saturated heterocycles. The van der Waals surface area contributed by atoms with Crippen LogP contribution in [0.2, 0.25) is 5.04 Å². The first kappa shape index (κ1) is 55.4. The van der Waals surface area contributed by atoms with Gasteiger partial charge in [-0.1, -0.05) is 172 Å². The van der Waals surface area contributed by atoms with Gasteiger partial charge >= 0.3 is 0 Å². The molecule has 4 heterocycles. The van der Waals surface area contributed by atoms with E-state index in [1.54, 1.807) is 7.11 Å². The average molecular weight is 1080 g/mol. The summed E-state index contributed by atoms with van der Waals surface area (Å²) in [7, 11) is -2.61. The standard InChI is InChI=1S/C64H76O11SSi/c1-45-26-32-50(33-27-45)76(65)44-62-60(40-58-57(74-62)38-55(68-42-47-20-12-7-13-21-47)53(71-58)34-36-67-41-46-18-10-6-11-19-46)73-56-39-59-61(43-69-63(75-59)48-28-30-49(66-5)31-29-48)72-54(56)35-37-70-77(64(2,3)4,51-22-14-8-15-23-51)52-24-16-9-17-25-52/h6-33,53-63H,34-44H2,1-5H3/t53-,54-,55+,56-,57-,58+,59-,60-,61+,62+,63+,76+/m0/s1. The van der Waals surface area contributed by atoms with Gasteiger partial charge in [0.15, 0.2) is 6.29 Å². The minimum absolute atomic E-state index is 0.209. The molecule has 0 saturated carbocycles. The first-order chi connectivity index (χ1) is 37.5. The van der Waals surface area contributed by atoms with Crippen LogP contribution in [0.25, 0.3) is 0 Å². The first-order valence-corrected chi connectivity index (χ1v) is 30.8. The highest BCUT2D eigenvalue weighted by atomic mass is 32.2. The van der Waals surface area contributed by atoms with Gasteiger partial charge in [0.25, 0.3) is 8.32 Å². The number of rotatable bonds is 21. The van der Waals surface area contributed by atoms with Crippen LogP contribution in [0.15, 0.2) is 175 Å². The Kier molecular flexibility index (Phi) is 18.7. The maximum absolute atomic E-state index is 14.5.